The van der Waals surface area contributed by atoms with Crippen LogP contribution in [0.5, 0.6) is 0 Å². The molecule has 1 aliphatic rings. The molecular formula is C17H23NO3. The Hall–Kier alpha value is -1.84. The number of hydrogen-bond donors (Lipinski definition) is 1. The third-order valence-electron chi connectivity index (χ3n) is 4.88. The molecule has 0 radical (unpaired) electrons. The van der Waals surface area contributed by atoms with Gasteiger partial charge in [0, 0.05) is 19.5 Å². The molecule has 1 saturated carbocycles. The zero-order chi connectivity index (χ0) is 15.6. The van der Waals surface area contributed by atoms with Gasteiger partial charge in [-0.15, -0.1) is 0 Å². The predicted octanol–water partition coefficient (Wildman–Crippen LogP) is 2.96. The average molecular weight is 289 g/mol. The number of rotatable bonds is 6. The Kier molecular flexibility index (Phi) is 4.35. The monoisotopic (exact) mass is 289 g/mol. The number of carbonyl (C=O) groups is 2. The Morgan fingerprint density at radius 1 is 1.33 bits per heavy atom. The van der Waals surface area contributed by atoms with Crippen molar-refractivity contribution in [3.63, 3.8) is 0 Å². The van der Waals surface area contributed by atoms with Gasteiger partial charge in [-0.3, -0.25) is 4.79 Å². The predicted molar refractivity (Wildman–Crippen MR) is 81.3 cm³/mol. The van der Waals surface area contributed by atoms with Crippen LogP contribution in [0.2, 0.25) is 0 Å². The maximum atomic E-state index is 12.3. The van der Waals surface area contributed by atoms with E-state index >= 15 is 0 Å². The van der Waals surface area contributed by atoms with Crippen molar-refractivity contribution in [2.45, 2.75) is 45.6 Å². The molecule has 1 aromatic rings. The van der Waals surface area contributed by atoms with Crippen molar-refractivity contribution in [1.82, 2.24) is 4.90 Å². The number of benzene rings is 1. The van der Waals surface area contributed by atoms with Gasteiger partial charge in [0.05, 0.1) is 5.56 Å². The highest BCUT2D eigenvalue weighted by molar-refractivity contribution is 5.89. The number of carboxylic acid groups (broad SMARTS) is 1. The van der Waals surface area contributed by atoms with E-state index in [2.05, 4.69) is 13.8 Å². The van der Waals surface area contributed by atoms with Crippen molar-refractivity contribution in [3.05, 3.63) is 35.4 Å². The van der Waals surface area contributed by atoms with Crippen LogP contribution in [0, 0.1) is 5.41 Å². The smallest absolute Gasteiger partial charge is 0.335 e. The molecule has 4 heteroatoms. The second-order valence-corrected chi connectivity index (χ2v) is 6.30. The number of nitrogens with zero attached hydrogens (tertiary/aromatic N) is 1. The molecule has 1 fully saturated rings. The molecular weight excluding hydrogens is 266 g/mol. The number of carbonyl (C=O) groups excluding carboxylic acids is 1. The molecule has 1 N–H and O–H groups in total. The van der Waals surface area contributed by atoms with Crippen molar-refractivity contribution in [3.8, 4) is 0 Å². The van der Waals surface area contributed by atoms with E-state index in [0.717, 1.165) is 5.56 Å². The van der Waals surface area contributed by atoms with Crippen molar-refractivity contribution in [2.75, 3.05) is 7.05 Å². The van der Waals surface area contributed by atoms with E-state index in [-0.39, 0.29) is 22.9 Å². The first kappa shape index (κ1) is 15.5. The molecule has 0 bridgehead atoms. The molecule has 2 rings (SSSR count). The van der Waals surface area contributed by atoms with Gasteiger partial charge in [-0.1, -0.05) is 25.1 Å². The van der Waals surface area contributed by atoms with Gasteiger partial charge < -0.3 is 10.0 Å². The number of amides is 1. The zero-order valence-electron chi connectivity index (χ0n) is 12.9. The topological polar surface area (TPSA) is 57.6 Å². The second kappa shape index (κ2) is 5.88. The van der Waals surface area contributed by atoms with Gasteiger partial charge in [-0.05, 0) is 43.2 Å². The Morgan fingerprint density at radius 3 is 2.52 bits per heavy atom. The first-order valence-electron chi connectivity index (χ1n) is 7.42. The lowest BCUT2D eigenvalue weighted by Gasteiger charge is -2.30. The number of carboxylic acids is 1. The summed E-state index contributed by atoms with van der Waals surface area (Å²) in [5.74, 6) is -0.860. The van der Waals surface area contributed by atoms with Gasteiger partial charge in [0.15, 0.2) is 0 Å². The highest BCUT2D eigenvalue weighted by Crippen LogP contribution is 2.49. The van der Waals surface area contributed by atoms with Crippen LogP contribution in [0.15, 0.2) is 24.3 Å². The normalized spacial score (nSPS) is 17.1. The van der Waals surface area contributed by atoms with Crippen LogP contribution >= 0.6 is 0 Å². The molecule has 0 aliphatic heterocycles. The third-order valence-corrected chi connectivity index (χ3v) is 4.88. The molecule has 1 atom stereocenters. The van der Waals surface area contributed by atoms with Crippen LogP contribution in [-0.2, 0) is 11.2 Å². The molecule has 1 aliphatic carbocycles. The molecule has 1 aromatic carbocycles. The molecule has 114 valence electrons. The van der Waals surface area contributed by atoms with Gasteiger partial charge in [0.25, 0.3) is 0 Å². The summed E-state index contributed by atoms with van der Waals surface area (Å²) in [4.78, 5) is 25.3. The Morgan fingerprint density at radius 2 is 1.95 bits per heavy atom. The van der Waals surface area contributed by atoms with Gasteiger partial charge in [-0.25, -0.2) is 4.79 Å². The average Bonchev–Trinajstić information content (AvgIpc) is 3.22. The van der Waals surface area contributed by atoms with E-state index in [1.807, 2.05) is 18.0 Å². The molecule has 4 nitrogen and oxygen atoms in total. The molecule has 0 heterocycles. The number of aryl methyl sites for hydroxylation is 1. The van der Waals surface area contributed by atoms with E-state index in [0.29, 0.717) is 12.8 Å². The lowest BCUT2D eigenvalue weighted by atomic mass is 9.98. The van der Waals surface area contributed by atoms with E-state index in [4.69, 9.17) is 5.11 Å². The summed E-state index contributed by atoms with van der Waals surface area (Å²) in [5.41, 5.74) is 1.27. The largest absolute Gasteiger partial charge is 0.478 e. The van der Waals surface area contributed by atoms with Gasteiger partial charge >= 0.3 is 5.97 Å². The SMILES string of the molecule is CC(N(C)C(=O)CCc1ccccc1C(=O)O)C1(C)CC1. The standard InChI is InChI=1S/C17H23NO3/c1-12(17(2)10-11-17)18(3)15(19)9-8-13-6-4-5-7-14(13)16(20)21/h4-7,12H,8-11H2,1-3H3,(H,20,21). The van der Waals surface area contributed by atoms with E-state index < -0.39 is 5.97 Å². The minimum atomic E-state index is -0.940. The number of aromatic carboxylic acids is 1. The van der Waals surface area contributed by atoms with Crippen LogP contribution in [-0.4, -0.2) is 35.0 Å². The van der Waals surface area contributed by atoms with E-state index in [9.17, 15) is 9.59 Å². The third kappa shape index (κ3) is 3.43. The summed E-state index contributed by atoms with van der Waals surface area (Å²) < 4.78 is 0. The van der Waals surface area contributed by atoms with E-state index in [1.54, 1.807) is 18.2 Å². The summed E-state index contributed by atoms with van der Waals surface area (Å²) in [7, 11) is 1.85. The van der Waals surface area contributed by atoms with Gasteiger partial charge in [0.1, 0.15) is 0 Å². The van der Waals surface area contributed by atoms with Crippen LogP contribution in [0.25, 0.3) is 0 Å². The van der Waals surface area contributed by atoms with Crippen molar-refractivity contribution in [2.24, 2.45) is 5.41 Å². The quantitative estimate of drug-likeness (QED) is 0.876. The molecule has 21 heavy (non-hydrogen) atoms. The number of hydrogen-bond acceptors (Lipinski definition) is 2. The van der Waals surface area contributed by atoms with Crippen molar-refractivity contribution < 1.29 is 14.7 Å². The first-order valence-corrected chi connectivity index (χ1v) is 7.42. The van der Waals surface area contributed by atoms with Gasteiger partial charge in [-0.2, -0.15) is 0 Å². The zero-order valence-corrected chi connectivity index (χ0v) is 12.9. The van der Waals surface area contributed by atoms with Crippen molar-refractivity contribution >= 4 is 11.9 Å². The lowest BCUT2D eigenvalue weighted by molar-refractivity contribution is -0.132. The highest BCUT2D eigenvalue weighted by Gasteiger charge is 2.45. The maximum absolute atomic E-state index is 12.3. The fourth-order valence-corrected chi connectivity index (χ4v) is 2.66. The van der Waals surface area contributed by atoms with E-state index in [1.165, 1.54) is 12.8 Å². The van der Waals surface area contributed by atoms with Crippen LogP contribution in [0.4, 0.5) is 0 Å². The molecule has 0 aromatic heterocycles. The summed E-state index contributed by atoms with van der Waals surface area (Å²) in [6, 6.07) is 7.11. The van der Waals surface area contributed by atoms with Gasteiger partial charge in [0.2, 0.25) is 5.91 Å². The molecule has 0 spiro atoms. The summed E-state index contributed by atoms with van der Waals surface area (Å²) >= 11 is 0. The minimum Gasteiger partial charge on any atom is -0.478 e. The van der Waals surface area contributed by atoms with Crippen LogP contribution in [0.3, 0.4) is 0 Å². The van der Waals surface area contributed by atoms with Crippen molar-refractivity contribution in [1.29, 1.82) is 0 Å². The summed E-state index contributed by atoms with van der Waals surface area (Å²) in [5, 5.41) is 9.15. The lowest BCUT2D eigenvalue weighted by Crippen LogP contribution is -2.40. The first-order chi connectivity index (χ1) is 9.85. The van der Waals surface area contributed by atoms with Crippen LogP contribution < -0.4 is 0 Å². The Labute approximate surface area is 125 Å². The second-order valence-electron chi connectivity index (χ2n) is 6.30. The highest BCUT2D eigenvalue weighted by atomic mass is 16.4. The molecule has 0 saturated heterocycles. The Bertz CT molecular complexity index is 549. The fraction of sp³-hybridized carbons (Fsp3) is 0.529. The maximum Gasteiger partial charge on any atom is 0.335 e. The summed E-state index contributed by atoms with van der Waals surface area (Å²) in [6.07, 6.45) is 3.16. The molecule has 1 unspecified atom stereocenters. The summed E-state index contributed by atoms with van der Waals surface area (Å²) in [6.45, 7) is 4.30. The van der Waals surface area contributed by atoms with Crippen LogP contribution in [0.1, 0.15) is 49.0 Å². The Balaban J connectivity index is 1.97. The molecule has 1 amide bonds. The fourth-order valence-electron chi connectivity index (χ4n) is 2.66. The minimum absolute atomic E-state index is 0.0795.